The number of ether oxygens (including phenoxy) is 1. The van der Waals surface area contributed by atoms with Crippen LogP contribution in [0.1, 0.15) is 35.2 Å². The Bertz CT molecular complexity index is 1440. The van der Waals surface area contributed by atoms with Crippen molar-refractivity contribution in [3.63, 3.8) is 0 Å². The van der Waals surface area contributed by atoms with Crippen LogP contribution in [0.25, 0.3) is 0 Å². The molecule has 3 aromatic carbocycles. The van der Waals surface area contributed by atoms with Gasteiger partial charge in [-0.05, 0) is 73.4 Å². The normalized spacial score (nSPS) is 14.7. The number of carbonyl (C=O) groups excluding carboxylic acids is 1. The summed E-state index contributed by atoms with van der Waals surface area (Å²) < 4.78 is 8.75. The van der Waals surface area contributed by atoms with Crippen LogP contribution in [-0.2, 0) is 11.4 Å². The van der Waals surface area contributed by atoms with Crippen molar-refractivity contribution >= 4 is 33.5 Å². The van der Waals surface area contributed by atoms with Crippen molar-refractivity contribution in [3.05, 3.63) is 111 Å². The van der Waals surface area contributed by atoms with E-state index in [0.29, 0.717) is 18.1 Å². The summed E-state index contributed by atoms with van der Waals surface area (Å²) in [6, 6.07) is 21.3. The summed E-state index contributed by atoms with van der Waals surface area (Å²) >= 11 is 3.45. The lowest BCUT2D eigenvalue weighted by molar-refractivity contribution is -0.113. The van der Waals surface area contributed by atoms with Gasteiger partial charge < -0.3 is 15.4 Å². The molecule has 0 bridgehead atoms. The van der Waals surface area contributed by atoms with Crippen molar-refractivity contribution in [2.45, 2.75) is 33.4 Å². The summed E-state index contributed by atoms with van der Waals surface area (Å²) in [5.74, 6) is 1.16. The molecular weight excluding hydrogens is 518 g/mol. The molecule has 8 heteroatoms. The molecule has 2 N–H and O–H groups in total. The maximum atomic E-state index is 13.6. The van der Waals surface area contributed by atoms with Gasteiger partial charge in [-0.1, -0.05) is 52.3 Å². The standard InChI is InChI=1S/C28H26BrN5O2/c1-17-5-4-6-24(18(17)2)33-27(35)25-19(3)32-28-30-16-31-34(28)26(25)21-9-13-23(14-10-21)36-15-20-7-11-22(29)12-8-20/h4-14,16,26H,15H2,1-3H3,(H,33,35)(H,30,31,32). The number of anilines is 2. The number of nitrogens with one attached hydrogen (secondary N) is 2. The first kappa shape index (κ1) is 23.8. The lowest BCUT2D eigenvalue weighted by Gasteiger charge is -2.29. The van der Waals surface area contributed by atoms with Crippen molar-refractivity contribution < 1.29 is 9.53 Å². The second-order valence-electron chi connectivity index (χ2n) is 8.78. The SMILES string of the molecule is CC1=C(C(=O)Nc2cccc(C)c2C)C(c2ccc(OCc3ccc(Br)cc3)cc2)n2ncnc2N1. The average Bonchev–Trinajstić information content (AvgIpc) is 3.34. The van der Waals surface area contributed by atoms with Gasteiger partial charge in [0.15, 0.2) is 0 Å². The molecule has 1 aliphatic heterocycles. The second kappa shape index (κ2) is 9.99. The number of fused-ring (bicyclic) bond motifs is 1. The Balaban J connectivity index is 1.42. The lowest BCUT2D eigenvalue weighted by Crippen LogP contribution is -2.31. The molecule has 0 saturated carbocycles. The van der Waals surface area contributed by atoms with Crippen LogP contribution in [0.4, 0.5) is 11.6 Å². The van der Waals surface area contributed by atoms with Crippen LogP contribution in [0.3, 0.4) is 0 Å². The molecule has 1 unspecified atom stereocenters. The maximum absolute atomic E-state index is 13.6. The number of allylic oxidation sites excluding steroid dienone is 1. The molecule has 0 spiro atoms. The zero-order valence-electron chi connectivity index (χ0n) is 20.2. The third-order valence-corrected chi connectivity index (χ3v) is 6.94. The van der Waals surface area contributed by atoms with Gasteiger partial charge in [-0.15, -0.1) is 0 Å². The van der Waals surface area contributed by atoms with E-state index in [1.165, 1.54) is 6.33 Å². The third-order valence-electron chi connectivity index (χ3n) is 6.41. The number of hydrogen-bond donors (Lipinski definition) is 2. The van der Waals surface area contributed by atoms with Gasteiger partial charge in [-0.25, -0.2) is 4.68 Å². The van der Waals surface area contributed by atoms with E-state index >= 15 is 0 Å². The highest BCUT2D eigenvalue weighted by molar-refractivity contribution is 9.10. The van der Waals surface area contributed by atoms with E-state index in [0.717, 1.165) is 43.9 Å². The Hall–Kier alpha value is -3.91. The fourth-order valence-electron chi connectivity index (χ4n) is 4.26. The zero-order chi connectivity index (χ0) is 25.2. The van der Waals surface area contributed by atoms with Gasteiger partial charge in [-0.2, -0.15) is 10.1 Å². The van der Waals surface area contributed by atoms with Crippen LogP contribution in [0.15, 0.2) is 88.8 Å². The van der Waals surface area contributed by atoms with Crippen molar-refractivity contribution in [3.8, 4) is 5.75 Å². The molecule has 1 aromatic heterocycles. The smallest absolute Gasteiger partial charge is 0.255 e. The lowest BCUT2D eigenvalue weighted by atomic mass is 9.94. The van der Waals surface area contributed by atoms with Gasteiger partial charge >= 0.3 is 0 Å². The minimum atomic E-state index is -0.436. The van der Waals surface area contributed by atoms with E-state index in [9.17, 15) is 4.79 Å². The van der Waals surface area contributed by atoms with E-state index in [-0.39, 0.29) is 5.91 Å². The Kier molecular flexibility index (Phi) is 6.61. The summed E-state index contributed by atoms with van der Waals surface area (Å²) in [7, 11) is 0. The Labute approximate surface area is 218 Å². The largest absolute Gasteiger partial charge is 0.489 e. The van der Waals surface area contributed by atoms with Gasteiger partial charge in [0.25, 0.3) is 5.91 Å². The summed E-state index contributed by atoms with van der Waals surface area (Å²) in [4.78, 5) is 17.9. The van der Waals surface area contributed by atoms with Crippen LogP contribution in [0, 0.1) is 13.8 Å². The molecule has 1 aliphatic rings. The monoisotopic (exact) mass is 543 g/mol. The Morgan fingerprint density at radius 2 is 1.81 bits per heavy atom. The van der Waals surface area contributed by atoms with E-state index in [4.69, 9.17) is 4.74 Å². The Morgan fingerprint density at radius 1 is 1.06 bits per heavy atom. The highest BCUT2D eigenvalue weighted by Crippen LogP contribution is 2.36. The maximum Gasteiger partial charge on any atom is 0.255 e. The molecule has 0 saturated heterocycles. The van der Waals surface area contributed by atoms with Crippen molar-refractivity contribution in [2.75, 3.05) is 10.6 Å². The number of benzene rings is 3. The summed E-state index contributed by atoms with van der Waals surface area (Å²) in [5.41, 5.74) is 6.25. The molecule has 1 atom stereocenters. The van der Waals surface area contributed by atoms with Gasteiger partial charge in [0, 0.05) is 15.9 Å². The van der Waals surface area contributed by atoms with Crippen LogP contribution >= 0.6 is 15.9 Å². The highest BCUT2D eigenvalue weighted by atomic mass is 79.9. The molecule has 0 radical (unpaired) electrons. The van der Waals surface area contributed by atoms with Crippen LogP contribution in [-0.4, -0.2) is 20.7 Å². The van der Waals surface area contributed by atoms with Crippen LogP contribution < -0.4 is 15.4 Å². The number of nitrogens with zero attached hydrogens (tertiary/aromatic N) is 3. The second-order valence-corrected chi connectivity index (χ2v) is 9.70. The van der Waals surface area contributed by atoms with Crippen LogP contribution in [0.2, 0.25) is 0 Å². The number of rotatable bonds is 6. The average molecular weight is 544 g/mol. The van der Waals surface area contributed by atoms with E-state index in [1.54, 1.807) is 4.68 Å². The fraction of sp³-hybridized carbons (Fsp3) is 0.179. The van der Waals surface area contributed by atoms with Gasteiger partial charge in [0.05, 0.1) is 5.57 Å². The van der Waals surface area contributed by atoms with Gasteiger partial charge in [-0.3, -0.25) is 4.79 Å². The van der Waals surface area contributed by atoms with Crippen molar-refractivity contribution in [2.24, 2.45) is 0 Å². The highest BCUT2D eigenvalue weighted by Gasteiger charge is 2.33. The fourth-order valence-corrected chi connectivity index (χ4v) is 4.53. The number of halogens is 1. The van der Waals surface area contributed by atoms with Crippen LogP contribution in [0.5, 0.6) is 5.75 Å². The zero-order valence-corrected chi connectivity index (χ0v) is 21.8. The molecule has 1 amide bonds. The van der Waals surface area contributed by atoms with Gasteiger partial charge in [0.1, 0.15) is 24.7 Å². The summed E-state index contributed by atoms with van der Waals surface area (Å²) in [5, 5.41) is 10.7. The quantitative estimate of drug-likeness (QED) is 0.304. The van der Waals surface area contributed by atoms with Crippen molar-refractivity contribution in [1.29, 1.82) is 0 Å². The van der Waals surface area contributed by atoms with E-state index in [2.05, 4.69) is 36.6 Å². The minimum absolute atomic E-state index is 0.185. The molecule has 182 valence electrons. The first-order valence-corrected chi connectivity index (χ1v) is 12.4. The number of hydrogen-bond acceptors (Lipinski definition) is 5. The Morgan fingerprint density at radius 3 is 2.56 bits per heavy atom. The first-order chi connectivity index (χ1) is 17.4. The summed E-state index contributed by atoms with van der Waals surface area (Å²) in [6.45, 7) is 6.39. The summed E-state index contributed by atoms with van der Waals surface area (Å²) in [6.07, 6.45) is 1.49. The van der Waals surface area contributed by atoms with E-state index in [1.807, 2.05) is 87.5 Å². The molecule has 7 nitrogen and oxygen atoms in total. The molecule has 4 aromatic rings. The minimum Gasteiger partial charge on any atom is -0.489 e. The number of aryl methyl sites for hydroxylation is 1. The predicted octanol–water partition coefficient (Wildman–Crippen LogP) is 6.16. The topological polar surface area (TPSA) is 81.1 Å². The molecule has 0 aliphatic carbocycles. The first-order valence-electron chi connectivity index (χ1n) is 11.6. The number of amides is 1. The molecule has 2 heterocycles. The molecule has 5 rings (SSSR count). The molecular formula is C28H26BrN5O2. The van der Waals surface area contributed by atoms with E-state index < -0.39 is 6.04 Å². The van der Waals surface area contributed by atoms with Gasteiger partial charge in [0.2, 0.25) is 5.95 Å². The third kappa shape index (κ3) is 4.77. The van der Waals surface area contributed by atoms with Crippen molar-refractivity contribution in [1.82, 2.24) is 14.8 Å². The number of aromatic nitrogens is 3. The predicted molar refractivity (Wildman–Crippen MR) is 144 cm³/mol. The number of carbonyl (C=O) groups is 1. The molecule has 0 fully saturated rings. The molecule has 36 heavy (non-hydrogen) atoms.